The molecule has 0 bridgehead atoms. The number of amides is 1. The highest BCUT2D eigenvalue weighted by atomic mass is 35.5. The molecule has 0 radical (unpaired) electrons. The van der Waals surface area contributed by atoms with Crippen molar-refractivity contribution >= 4 is 23.7 Å². The third-order valence-corrected chi connectivity index (χ3v) is 2.58. The van der Waals surface area contributed by atoms with Crippen LogP contribution in [0, 0.1) is 5.92 Å². The molecule has 0 spiro atoms. The van der Waals surface area contributed by atoms with E-state index in [4.69, 9.17) is 11.6 Å². The standard InChI is InChI=1S/C11H11ClN2O/c12-10-4-2-1-3-9(10)7-13-14-11(15)8-5-6-8/h1-4,7-8H,5-6H2,(H,14,15)/b13-7+. The van der Waals surface area contributed by atoms with Crippen molar-refractivity contribution in [3.05, 3.63) is 34.9 Å². The largest absolute Gasteiger partial charge is 0.273 e. The Morgan fingerprint density at radius 2 is 2.20 bits per heavy atom. The Bertz CT molecular complexity index is 399. The Labute approximate surface area is 93.1 Å². The number of hydrazone groups is 1. The third-order valence-electron chi connectivity index (χ3n) is 2.23. The first kappa shape index (κ1) is 10.2. The fraction of sp³-hybridized carbons (Fsp3) is 0.273. The van der Waals surface area contributed by atoms with Gasteiger partial charge in [0.1, 0.15) is 0 Å². The average Bonchev–Trinajstić information content (AvgIpc) is 3.04. The van der Waals surface area contributed by atoms with E-state index in [-0.39, 0.29) is 11.8 Å². The lowest BCUT2D eigenvalue weighted by atomic mass is 10.2. The molecule has 1 aromatic rings. The lowest BCUT2D eigenvalue weighted by molar-refractivity contribution is -0.122. The summed E-state index contributed by atoms with van der Waals surface area (Å²) in [6.45, 7) is 0. The molecule has 0 saturated heterocycles. The van der Waals surface area contributed by atoms with Crippen molar-refractivity contribution < 1.29 is 4.79 Å². The smallest absolute Gasteiger partial charge is 0.243 e. The Morgan fingerprint density at radius 3 is 2.87 bits per heavy atom. The van der Waals surface area contributed by atoms with Crippen LogP contribution in [-0.2, 0) is 4.79 Å². The van der Waals surface area contributed by atoms with Gasteiger partial charge in [-0.2, -0.15) is 5.10 Å². The fourth-order valence-electron chi connectivity index (χ4n) is 1.18. The lowest BCUT2D eigenvalue weighted by Gasteiger charge is -1.97. The molecule has 15 heavy (non-hydrogen) atoms. The van der Waals surface area contributed by atoms with Gasteiger partial charge in [-0.15, -0.1) is 0 Å². The molecule has 1 aromatic carbocycles. The fourth-order valence-corrected chi connectivity index (χ4v) is 1.37. The van der Waals surface area contributed by atoms with Gasteiger partial charge in [0.05, 0.1) is 6.21 Å². The van der Waals surface area contributed by atoms with Crippen molar-refractivity contribution in [3.8, 4) is 0 Å². The van der Waals surface area contributed by atoms with Gasteiger partial charge in [0.15, 0.2) is 0 Å². The van der Waals surface area contributed by atoms with E-state index in [1.165, 1.54) is 0 Å². The van der Waals surface area contributed by atoms with Gasteiger partial charge in [0.2, 0.25) is 5.91 Å². The Hall–Kier alpha value is -1.35. The molecule has 0 aromatic heterocycles. The predicted octanol–water partition coefficient (Wildman–Crippen LogP) is 2.20. The van der Waals surface area contributed by atoms with E-state index in [0.717, 1.165) is 18.4 Å². The van der Waals surface area contributed by atoms with Crippen LogP contribution in [0.15, 0.2) is 29.4 Å². The van der Waals surface area contributed by atoms with Crippen molar-refractivity contribution in [3.63, 3.8) is 0 Å². The zero-order chi connectivity index (χ0) is 10.7. The van der Waals surface area contributed by atoms with Crippen LogP contribution in [0.4, 0.5) is 0 Å². The number of rotatable bonds is 3. The maximum atomic E-state index is 11.2. The highest BCUT2D eigenvalue weighted by Crippen LogP contribution is 2.28. The Balaban J connectivity index is 1.93. The van der Waals surface area contributed by atoms with E-state index in [1.54, 1.807) is 12.3 Å². The molecule has 0 unspecified atom stereocenters. The maximum Gasteiger partial charge on any atom is 0.243 e. The molecular formula is C11H11ClN2O. The Morgan fingerprint density at radius 1 is 1.47 bits per heavy atom. The van der Waals surface area contributed by atoms with Crippen LogP contribution in [0.2, 0.25) is 5.02 Å². The first-order valence-corrected chi connectivity index (χ1v) is 5.22. The first-order chi connectivity index (χ1) is 7.27. The topological polar surface area (TPSA) is 41.5 Å². The van der Waals surface area contributed by atoms with Crippen LogP contribution in [0.5, 0.6) is 0 Å². The molecule has 1 saturated carbocycles. The van der Waals surface area contributed by atoms with Crippen molar-refractivity contribution in [2.75, 3.05) is 0 Å². The summed E-state index contributed by atoms with van der Waals surface area (Å²) in [5.74, 6) is 0.173. The minimum Gasteiger partial charge on any atom is -0.273 e. The highest BCUT2D eigenvalue weighted by Gasteiger charge is 2.29. The molecule has 1 aliphatic carbocycles. The van der Waals surface area contributed by atoms with Crippen LogP contribution < -0.4 is 5.43 Å². The number of carbonyl (C=O) groups excluding carboxylic acids is 1. The summed E-state index contributed by atoms with van der Waals surface area (Å²) in [7, 11) is 0. The molecule has 1 amide bonds. The van der Waals surface area contributed by atoms with Crippen LogP contribution in [0.1, 0.15) is 18.4 Å². The van der Waals surface area contributed by atoms with Crippen molar-refractivity contribution in [1.29, 1.82) is 0 Å². The van der Waals surface area contributed by atoms with E-state index in [0.29, 0.717) is 5.02 Å². The molecule has 0 heterocycles. The van der Waals surface area contributed by atoms with E-state index in [2.05, 4.69) is 10.5 Å². The zero-order valence-electron chi connectivity index (χ0n) is 8.11. The van der Waals surface area contributed by atoms with Gasteiger partial charge in [0.25, 0.3) is 0 Å². The number of hydrogen-bond donors (Lipinski definition) is 1. The van der Waals surface area contributed by atoms with Gasteiger partial charge in [-0.1, -0.05) is 29.8 Å². The van der Waals surface area contributed by atoms with Crippen LogP contribution in [0.25, 0.3) is 0 Å². The molecule has 0 aliphatic heterocycles. The maximum absolute atomic E-state index is 11.2. The second kappa shape index (κ2) is 4.45. The number of halogens is 1. The average molecular weight is 223 g/mol. The second-order valence-electron chi connectivity index (χ2n) is 3.53. The minimum atomic E-state index is -0.00157. The van der Waals surface area contributed by atoms with Gasteiger partial charge >= 0.3 is 0 Å². The van der Waals surface area contributed by atoms with E-state index >= 15 is 0 Å². The molecular weight excluding hydrogens is 212 g/mol. The molecule has 1 fully saturated rings. The number of benzene rings is 1. The second-order valence-corrected chi connectivity index (χ2v) is 3.94. The third kappa shape index (κ3) is 2.80. The SMILES string of the molecule is O=C(N/N=C/c1ccccc1Cl)C1CC1. The number of nitrogens with zero attached hydrogens (tertiary/aromatic N) is 1. The Kier molecular flexibility index (Phi) is 3.02. The minimum absolute atomic E-state index is 0.00157. The normalized spacial score (nSPS) is 15.5. The molecule has 1 N–H and O–H groups in total. The van der Waals surface area contributed by atoms with E-state index < -0.39 is 0 Å². The van der Waals surface area contributed by atoms with Gasteiger partial charge in [-0.3, -0.25) is 4.79 Å². The summed E-state index contributed by atoms with van der Waals surface area (Å²) in [6, 6.07) is 7.35. The summed E-state index contributed by atoms with van der Waals surface area (Å²) in [4.78, 5) is 11.2. The van der Waals surface area contributed by atoms with Crippen molar-refractivity contribution in [2.45, 2.75) is 12.8 Å². The molecule has 3 nitrogen and oxygen atoms in total. The van der Waals surface area contributed by atoms with Crippen LogP contribution >= 0.6 is 11.6 Å². The summed E-state index contributed by atoms with van der Waals surface area (Å²) in [5.41, 5.74) is 3.29. The van der Waals surface area contributed by atoms with Crippen molar-refractivity contribution in [1.82, 2.24) is 5.43 Å². The predicted molar refractivity (Wildman–Crippen MR) is 59.9 cm³/mol. The number of nitrogens with one attached hydrogen (secondary N) is 1. The number of carbonyl (C=O) groups is 1. The van der Waals surface area contributed by atoms with Gasteiger partial charge in [0, 0.05) is 16.5 Å². The molecule has 0 atom stereocenters. The van der Waals surface area contributed by atoms with E-state index in [1.807, 2.05) is 18.2 Å². The van der Waals surface area contributed by atoms with E-state index in [9.17, 15) is 4.79 Å². The highest BCUT2D eigenvalue weighted by molar-refractivity contribution is 6.33. The molecule has 4 heteroatoms. The van der Waals surface area contributed by atoms with Crippen LogP contribution in [0.3, 0.4) is 0 Å². The van der Waals surface area contributed by atoms with Gasteiger partial charge in [-0.05, 0) is 18.9 Å². The summed E-state index contributed by atoms with van der Waals surface area (Å²) >= 11 is 5.91. The first-order valence-electron chi connectivity index (χ1n) is 4.85. The summed E-state index contributed by atoms with van der Waals surface area (Å²) in [5, 5.41) is 4.48. The van der Waals surface area contributed by atoms with Gasteiger partial charge in [-0.25, -0.2) is 5.43 Å². The number of hydrogen-bond acceptors (Lipinski definition) is 2. The van der Waals surface area contributed by atoms with Gasteiger partial charge < -0.3 is 0 Å². The molecule has 1 aliphatic rings. The van der Waals surface area contributed by atoms with Crippen molar-refractivity contribution in [2.24, 2.45) is 11.0 Å². The summed E-state index contributed by atoms with van der Waals surface area (Å²) < 4.78 is 0. The van der Waals surface area contributed by atoms with Crippen LogP contribution in [-0.4, -0.2) is 12.1 Å². The lowest BCUT2D eigenvalue weighted by Crippen LogP contribution is -2.18. The zero-order valence-corrected chi connectivity index (χ0v) is 8.87. The summed E-state index contributed by atoms with van der Waals surface area (Å²) in [6.07, 6.45) is 3.52. The molecule has 2 rings (SSSR count). The quantitative estimate of drug-likeness (QED) is 0.618. The monoisotopic (exact) mass is 222 g/mol. The molecule has 78 valence electrons.